The number of carbonyl (C=O) groups excluding carboxylic acids is 1. The first-order valence-electron chi connectivity index (χ1n) is 9.00. The summed E-state index contributed by atoms with van der Waals surface area (Å²) in [5.74, 6) is 8.98. The van der Waals surface area contributed by atoms with Crippen LogP contribution < -0.4 is 0 Å². The molecular formula is C21H26O. The molecule has 0 saturated heterocycles. The number of carbonyl (C=O) groups is 1. The van der Waals surface area contributed by atoms with Crippen molar-refractivity contribution in [2.45, 2.75) is 65.2 Å². The highest BCUT2D eigenvalue weighted by atomic mass is 16.1. The molecule has 4 aliphatic carbocycles. The first-order chi connectivity index (χ1) is 10.6. The van der Waals surface area contributed by atoms with E-state index < -0.39 is 0 Å². The van der Waals surface area contributed by atoms with E-state index in [1.54, 1.807) is 11.1 Å². The lowest BCUT2D eigenvalue weighted by Crippen LogP contribution is -2.41. The van der Waals surface area contributed by atoms with Gasteiger partial charge in [-0.3, -0.25) is 4.79 Å². The van der Waals surface area contributed by atoms with Gasteiger partial charge < -0.3 is 0 Å². The molecule has 0 spiro atoms. The maximum Gasteiger partial charge on any atom is 0.156 e. The van der Waals surface area contributed by atoms with Gasteiger partial charge in [0, 0.05) is 12.3 Å². The largest absolute Gasteiger partial charge is 0.295 e. The van der Waals surface area contributed by atoms with Crippen molar-refractivity contribution in [3.05, 3.63) is 22.8 Å². The minimum absolute atomic E-state index is 0.322. The van der Waals surface area contributed by atoms with Crippen LogP contribution in [0.5, 0.6) is 0 Å². The molecule has 0 bridgehead atoms. The second-order valence-corrected chi connectivity index (χ2v) is 8.02. The third-order valence-electron chi connectivity index (χ3n) is 6.89. The Morgan fingerprint density at radius 1 is 1.23 bits per heavy atom. The SMILES string of the molecule is CC#CC1CC2=CC(=O)CCC2=C2CC[C@]3(C)CCC[C@H]3[C@@H]21. The highest BCUT2D eigenvalue weighted by Gasteiger charge is 2.51. The summed E-state index contributed by atoms with van der Waals surface area (Å²) in [6, 6.07) is 0. The van der Waals surface area contributed by atoms with Gasteiger partial charge in [-0.15, -0.1) is 5.92 Å². The van der Waals surface area contributed by atoms with E-state index in [9.17, 15) is 4.79 Å². The zero-order chi connectivity index (χ0) is 15.3. The average molecular weight is 294 g/mol. The third-order valence-corrected chi connectivity index (χ3v) is 6.89. The quantitative estimate of drug-likeness (QED) is 0.585. The van der Waals surface area contributed by atoms with Gasteiger partial charge >= 0.3 is 0 Å². The molecule has 0 aromatic heterocycles. The van der Waals surface area contributed by atoms with E-state index in [0.717, 1.165) is 25.2 Å². The molecule has 4 atom stereocenters. The fourth-order valence-corrected chi connectivity index (χ4v) is 5.89. The molecule has 4 aliphatic rings. The highest BCUT2D eigenvalue weighted by molar-refractivity contribution is 5.93. The van der Waals surface area contributed by atoms with Gasteiger partial charge in [-0.2, -0.15) is 0 Å². The molecule has 0 aromatic carbocycles. The molecule has 0 N–H and O–H groups in total. The smallest absolute Gasteiger partial charge is 0.156 e. The van der Waals surface area contributed by atoms with Crippen molar-refractivity contribution in [1.29, 1.82) is 0 Å². The molecule has 1 heteroatoms. The van der Waals surface area contributed by atoms with Crippen molar-refractivity contribution < 1.29 is 4.79 Å². The topological polar surface area (TPSA) is 17.1 Å². The predicted octanol–water partition coefficient (Wildman–Crippen LogP) is 4.83. The molecule has 1 nitrogen and oxygen atoms in total. The summed E-state index contributed by atoms with van der Waals surface area (Å²) in [6.07, 6.45) is 11.5. The summed E-state index contributed by atoms with van der Waals surface area (Å²) < 4.78 is 0. The van der Waals surface area contributed by atoms with Crippen LogP contribution in [-0.2, 0) is 4.79 Å². The average Bonchev–Trinajstić information content (AvgIpc) is 2.88. The molecule has 4 rings (SSSR count). The Balaban J connectivity index is 1.83. The van der Waals surface area contributed by atoms with E-state index in [0.29, 0.717) is 23.0 Å². The van der Waals surface area contributed by atoms with Crippen LogP contribution in [0.3, 0.4) is 0 Å². The molecule has 2 fully saturated rings. The van der Waals surface area contributed by atoms with Gasteiger partial charge in [-0.25, -0.2) is 0 Å². The van der Waals surface area contributed by atoms with Crippen molar-refractivity contribution in [3.63, 3.8) is 0 Å². The summed E-state index contributed by atoms with van der Waals surface area (Å²) in [7, 11) is 0. The van der Waals surface area contributed by atoms with Crippen molar-refractivity contribution >= 4 is 5.78 Å². The minimum Gasteiger partial charge on any atom is -0.295 e. The van der Waals surface area contributed by atoms with E-state index in [-0.39, 0.29) is 0 Å². The van der Waals surface area contributed by atoms with Gasteiger partial charge in [0.2, 0.25) is 0 Å². The van der Waals surface area contributed by atoms with Crippen LogP contribution in [0, 0.1) is 35.0 Å². The zero-order valence-electron chi connectivity index (χ0n) is 13.9. The summed E-state index contributed by atoms with van der Waals surface area (Å²) in [6.45, 7) is 4.49. The summed E-state index contributed by atoms with van der Waals surface area (Å²) in [5, 5.41) is 0. The lowest BCUT2D eigenvalue weighted by Gasteiger charge is -2.49. The maximum absolute atomic E-state index is 11.8. The standard InChI is InChI=1S/C21H26O/c1-3-5-14-12-15-13-16(22)7-8-17(15)18-9-11-21(2)10-4-6-19(21)20(14)18/h13-14,19-20H,4,6-12H2,1-2H3/t14?,19-,20+,21-/m0/s1. The predicted molar refractivity (Wildman–Crippen MR) is 89.1 cm³/mol. The number of hydrogen-bond acceptors (Lipinski definition) is 1. The van der Waals surface area contributed by atoms with Crippen molar-refractivity contribution in [3.8, 4) is 11.8 Å². The van der Waals surface area contributed by atoms with Crippen molar-refractivity contribution in [2.24, 2.45) is 23.2 Å². The van der Waals surface area contributed by atoms with Gasteiger partial charge in [-0.05, 0) is 79.9 Å². The number of rotatable bonds is 0. The van der Waals surface area contributed by atoms with Crippen molar-refractivity contribution in [1.82, 2.24) is 0 Å². The first kappa shape index (κ1) is 14.3. The fourth-order valence-electron chi connectivity index (χ4n) is 5.89. The molecule has 116 valence electrons. The number of allylic oxidation sites excluding steroid dienone is 4. The molecule has 0 aliphatic heterocycles. The summed E-state index contributed by atoms with van der Waals surface area (Å²) in [5.41, 5.74) is 5.14. The lowest BCUT2D eigenvalue weighted by molar-refractivity contribution is -0.114. The fraction of sp³-hybridized carbons (Fsp3) is 0.667. The van der Waals surface area contributed by atoms with Gasteiger partial charge in [0.25, 0.3) is 0 Å². The van der Waals surface area contributed by atoms with E-state index in [4.69, 9.17) is 0 Å². The second kappa shape index (κ2) is 5.12. The van der Waals surface area contributed by atoms with Crippen LogP contribution >= 0.6 is 0 Å². The number of hydrogen-bond donors (Lipinski definition) is 0. The second-order valence-electron chi connectivity index (χ2n) is 8.02. The molecule has 2 saturated carbocycles. The Hall–Kier alpha value is -1.29. The van der Waals surface area contributed by atoms with Crippen LogP contribution in [0.2, 0.25) is 0 Å². The molecule has 0 amide bonds. The first-order valence-corrected chi connectivity index (χ1v) is 9.00. The highest BCUT2D eigenvalue weighted by Crippen LogP contribution is 2.61. The van der Waals surface area contributed by atoms with Crippen molar-refractivity contribution in [2.75, 3.05) is 0 Å². The number of ketones is 1. The van der Waals surface area contributed by atoms with Gasteiger partial charge in [0.05, 0.1) is 0 Å². The summed E-state index contributed by atoms with van der Waals surface area (Å²) >= 11 is 0. The zero-order valence-corrected chi connectivity index (χ0v) is 13.9. The minimum atomic E-state index is 0.322. The molecule has 0 heterocycles. The molecular weight excluding hydrogens is 268 g/mol. The Bertz CT molecular complexity index is 639. The Morgan fingerprint density at radius 3 is 2.91 bits per heavy atom. The third kappa shape index (κ3) is 2.03. The lowest BCUT2D eigenvalue weighted by atomic mass is 9.55. The molecule has 1 unspecified atom stereocenters. The van der Waals surface area contributed by atoms with E-state index in [1.165, 1.54) is 37.7 Å². The van der Waals surface area contributed by atoms with Crippen LogP contribution in [0.1, 0.15) is 65.2 Å². The van der Waals surface area contributed by atoms with Crippen LogP contribution in [0.25, 0.3) is 0 Å². The summed E-state index contributed by atoms with van der Waals surface area (Å²) in [4.78, 5) is 11.8. The van der Waals surface area contributed by atoms with Gasteiger partial charge in [0.15, 0.2) is 5.78 Å². The van der Waals surface area contributed by atoms with Crippen LogP contribution in [0.15, 0.2) is 22.8 Å². The van der Waals surface area contributed by atoms with E-state index in [2.05, 4.69) is 18.8 Å². The Kier molecular flexibility index (Phi) is 3.33. The van der Waals surface area contributed by atoms with Crippen LogP contribution in [-0.4, -0.2) is 5.78 Å². The Morgan fingerprint density at radius 2 is 2.09 bits per heavy atom. The van der Waals surface area contributed by atoms with E-state index >= 15 is 0 Å². The monoisotopic (exact) mass is 294 g/mol. The Labute approximate surface area is 134 Å². The van der Waals surface area contributed by atoms with Gasteiger partial charge in [0.1, 0.15) is 0 Å². The van der Waals surface area contributed by atoms with Crippen LogP contribution in [0.4, 0.5) is 0 Å². The molecule has 0 aromatic rings. The molecule has 22 heavy (non-hydrogen) atoms. The maximum atomic E-state index is 11.8. The van der Waals surface area contributed by atoms with E-state index in [1.807, 2.05) is 13.0 Å². The van der Waals surface area contributed by atoms with Gasteiger partial charge in [-0.1, -0.05) is 24.8 Å². The molecule has 0 radical (unpaired) electrons. The number of fused-ring (bicyclic) bond motifs is 4. The normalized spacial score (nSPS) is 40.2.